The summed E-state index contributed by atoms with van der Waals surface area (Å²) in [7, 11) is 0. The van der Waals surface area contributed by atoms with Crippen LogP contribution in [0.15, 0.2) is 133 Å². The molecule has 0 amide bonds. The average molecular weight is 525 g/mol. The molecule has 0 bridgehead atoms. The van der Waals surface area contributed by atoms with Gasteiger partial charge in [0.15, 0.2) is 0 Å². The lowest BCUT2D eigenvalue weighted by Gasteiger charge is -2.24. The molecule has 0 N–H and O–H groups in total. The smallest absolute Gasteiger partial charge is 0.0972 e. The number of benzene rings is 5. The maximum absolute atomic E-state index is 5.16. The number of hydrogen-bond donors (Lipinski definition) is 0. The van der Waals surface area contributed by atoms with Gasteiger partial charge in [0.25, 0.3) is 0 Å². The van der Waals surface area contributed by atoms with Gasteiger partial charge in [-0.2, -0.15) is 0 Å². The van der Waals surface area contributed by atoms with Crippen LogP contribution in [-0.2, 0) is 5.41 Å². The van der Waals surface area contributed by atoms with Crippen LogP contribution in [0.4, 0.5) is 0 Å². The number of hydrogen-bond acceptors (Lipinski definition) is 2. The van der Waals surface area contributed by atoms with Crippen molar-refractivity contribution in [3.05, 3.63) is 145 Å². The summed E-state index contributed by atoms with van der Waals surface area (Å²) in [5.74, 6) is 0. The molecule has 8 rings (SSSR count). The highest BCUT2D eigenvalue weighted by Crippen LogP contribution is 2.52. The fraction of sp³-hybridized carbons (Fsp3) is 0.0769. The third kappa shape index (κ3) is 3.72. The average Bonchev–Trinajstić information content (AvgIpc) is 3.27. The SMILES string of the molecule is CC1(C)c2ccccc2-c2cccc(-c3ccc(-c4ccc5ccc6ccc(-c7ccccc7)nc6c5n4)cc3)c21. The summed E-state index contributed by atoms with van der Waals surface area (Å²) >= 11 is 0. The van der Waals surface area contributed by atoms with Gasteiger partial charge in [-0.05, 0) is 45.5 Å². The summed E-state index contributed by atoms with van der Waals surface area (Å²) in [6, 6.07) is 47.5. The zero-order valence-electron chi connectivity index (χ0n) is 23.1. The van der Waals surface area contributed by atoms with E-state index in [1.807, 2.05) is 18.2 Å². The van der Waals surface area contributed by atoms with Gasteiger partial charge in [0.05, 0.1) is 22.4 Å². The minimum Gasteiger partial charge on any atom is -0.245 e. The molecule has 0 aliphatic heterocycles. The molecule has 0 fully saturated rings. The van der Waals surface area contributed by atoms with Crippen molar-refractivity contribution < 1.29 is 0 Å². The summed E-state index contributed by atoms with van der Waals surface area (Å²) in [4.78, 5) is 10.2. The zero-order chi connectivity index (χ0) is 27.6. The molecule has 0 unspecified atom stereocenters. The Morgan fingerprint density at radius 1 is 0.415 bits per heavy atom. The Morgan fingerprint density at radius 3 is 1.61 bits per heavy atom. The Morgan fingerprint density at radius 2 is 0.927 bits per heavy atom. The number of rotatable bonds is 3. The minimum absolute atomic E-state index is 0.0479. The topological polar surface area (TPSA) is 25.8 Å². The van der Waals surface area contributed by atoms with Crippen molar-refractivity contribution in [2.75, 3.05) is 0 Å². The van der Waals surface area contributed by atoms with Crippen LogP contribution in [0.3, 0.4) is 0 Å². The van der Waals surface area contributed by atoms with E-state index in [-0.39, 0.29) is 5.41 Å². The molecule has 2 heterocycles. The van der Waals surface area contributed by atoms with Crippen molar-refractivity contribution in [1.82, 2.24) is 9.97 Å². The van der Waals surface area contributed by atoms with Crippen molar-refractivity contribution in [3.8, 4) is 44.8 Å². The predicted molar refractivity (Wildman–Crippen MR) is 171 cm³/mol. The first-order chi connectivity index (χ1) is 20.1. The van der Waals surface area contributed by atoms with Gasteiger partial charge in [0.1, 0.15) is 0 Å². The van der Waals surface area contributed by atoms with Crippen LogP contribution < -0.4 is 0 Å². The number of aromatic nitrogens is 2. The molecule has 1 aliphatic rings. The quantitative estimate of drug-likeness (QED) is 0.215. The lowest BCUT2D eigenvalue weighted by Crippen LogP contribution is -2.16. The van der Waals surface area contributed by atoms with E-state index in [0.29, 0.717) is 0 Å². The van der Waals surface area contributed by atoms with Crippen molar-refractivity contribution >= 4 is 21.8 Å². The van der Waals surface area contributed by atoms with Gasteiger partial charge in [0, 0.05) is 27.3 Å². The van der Waals surface area contributed by atoms with Crippen LogP contribution in [0, 0.1) is 0 Å². The normalized spacial score (nSPS) is 13.3. The zero-order valence-corrected chi connectivity index (χ0v) is 23.1. The first-order valence-electron chi connectivity index (χ1n) is 14.2. The van der Waals surface area contributed by atoms with E-state index in [4.69, 9.17) is 9.97 Å². The minimum atomic E-state index is -0.0479. The second kappa shape index (κ2) is 8.97. The van der Waals surface area contributed by atoms with Crippen LogP contribution in [0.5, 0.6) is 0 Å². The maximum atomic E-state index is 5.16. The molecular formula is C39H28N2. The number of pyridine rings is 2. The summed E-state index contributed by atoms with van der Waals surface area (Å²) in [6.07, 6.45) is 0. The van der Waals surface area contributed by atoms with Crippen molar-refractivity contribution in [2.24, 2.45) is 0 Å². The Bertz CT molecular complexity index is 2110. The van der Waals surface area contributed by atoms with Crippen LogP contribution in [0.25, 0.3) is 66.6 Å². The van der Waals surface area contributed by atoms with Crippen LogP contribution in [-0.4, -0.2) is 9.97 Å². The van der Waals surface area contributed by atoms with E-state index >= 15 is 0 Å². The Hall–Kier alpha value is -5.08. The molecule has 0 spiro atoms. The Kier molecular flexibility index (Phi) is 5.20. The number of fused-ring (bicyclic) bond motifs is 6. The van der Waals surface area contributed by atoms with E-state index in [2.05, 4.69) is 129 Å². The molecular weight excluding hydrogens is 496 g/mol. The standard InChI is InChI=1S/C39H28N2/c1-39(2)33-14-7-6-11-31(33)32-13-8-12-30(36(32)39)25-15-17-27(18-16-25)35-24-22-29-20-19-28-21-23-34(26-9-4-3-5-10-26)40-37(28)38(29)41-35/h3-24H,1-2H3. The molecule has 7 aromatic rings. The third-order valence-electron chi connectivity index (χ3n) is 8.66. The Labute approximate surface area is 240 Å². The highest BCUT2D eigenvalue weighted by Gasteiger charge is 2.37. The molecule has 1 aliphatic carbocycles. The molecule has 2 aromatic heterocycles. The summed E-state index contributed by atoms with van der Waals surface area (Å²) in [5, 5.41) is 2.19. The Balaban J connectivity index is 1.21. The predicted octanol–water partition coefficient (Wildman–Crippen LogP) is 10.1. The molecule has 0 atom stereocenters. The van der Waals surface area contributed by atoms with Crippen LogP contribution >= 0.6 is 0 Å². The fourth-order valence-corrected chi connectivity index (χ4v) is 6.61. The maximum Gasteiger partial charge on any atom is 0.0972 e. The van der Waals surface area contributed by atoms with E-state index in [9.17, 15) is 0 Å². The second-order valence-corrected chi connectivity index (χ2v) is 11.4. The van der Waals surface area contributed by atoms with E-state index in [0.717, 1.165) is 44.3 Å². The van der Waals surface area contributed by atoms with E-state index < -0.39 is 0 Å². The van der Waals surface area contributed by atoms with Crippen LogP contribution in [0.2, 0.25) is 0 Å². The molecule has 5 aromatic carbocycles. The highest BCUT2D eigenvalue weighted by molar-refractivity contribution is 6.04. The molecule has 2 heteroatoms. The van der Waals surface area contributed by atoms with Gasteiger partial charge in [-0.25, -0.2) is 9.97 Å². The lowest BCUT2D eigenvalue weighted by atomic mass is 9.79. The van der Waals surface area contributed by atoms with Crippen LogP contribution in [0.1, 0.15) is 25.0 Å². The number of nitrogens with zero attached hydrogens (tertiary/aromatic N) is 2. The van der Waals surface area contributed by atoms with E-state index in [1.165, 1.54) is 33.4 Å². The molecule has 0 radical (unpaired) electrons. The van der Waals surface area contributed by atoms with Gasteiger partial charge < -0.3 is 0 Å². The lowest BCUT2D eigenvalue weighted by molar-refractivity contribution is 0.662. The monoisotopic (exact) mass is 524 g/mol. The first-order valence-corrected chi connectivity index (χ1v) is 14.2. The third-order valence-corrected chi connectivity index (χ3v) is 8.66. The van der Waals surface area contributed by atoms with Gasteiger partial charge in [-0.1, -0.05) is 135 Å². The molecule has 0 saturated carbocycles. The highest BCUT2D eigenvalue weighted by atomic mass is 14.8. The second-order valence-electron chi connectivity index (χ2n) is 11.4. The molecule has 41 heavy (non-hydrogen) atoms. The summed E-state index contributed by atoms with van der Waals surface area (Å²) < 4.78 is 0. The first kappa shape index (κ1) is 23.8. The molecule has 0 saturated heterocycles. The molecule has 2 nitrogen and oxygen atoms in total. The van der Waals surface area contributed by atoms with Gasteiger partial charge in [0.2, 0.25) is 0 Å². The molecule has 194 valence electrons. The van der Waals surface area contributed by atoms with Crippen molar-refractivity contribution in [1.29, 1.82) is 0 Å². The summed E-state index contributed by atoms with van der Waals surface area (Å²) in [5.41, 5.74) is 14.0. The summed E-state index contributed by atoms with van der Waals surface area (Å²) in [6.45, 7) is 4.69. The fourth-order valence-electron chi connectivity index (χ4n) is 6.61. The van der Waals surface area contributed by atoms with Gasteiger partial charge >= 0.3 is 0 Å². The van der Waals surface area contributed by atoms with Crippen molar-refractivity contribution in [3.63, 3.8) is 0 Å². The van der Waals surface area contributed by atoms with E-state index in [1.54, 1.807) is 0 Å². The van der Waals surface area contributed by atoms with Gasteiger partial charge in [-0.15, -0.1) is 0 Å². The van der Waals surface area contributed by atoms with Crippen molar-refractivity contribution in [2.45, 2.75) is 19.3 Å². The van der Waals surface area contributed by atoms with Gasteiger partial charge in [-0.3, -0.25) is 0 Å². The largest absolute Gasteiger partial charge is 0.245 e.